The third-order valence-corrected chi connectivity index (χ3v) is 6.92. The van der Waals surface area contributed by atoms with Gasteiger partial charge < -0.3 is 0 Å². The van der Waals surface area contributed by atoms with E-state index in [1.807, 2.05) is 60.7 Å². The summed E-state index contributed by atoms with van der Waals surface area (Å²) in [5, 5.41) is 14.2. The van der Waals surface area contributed by atoms with E-state index in [0.717, 1.165) is 16.1 Å². The Balaban J connectivity index is 1.28. The molecule has 3 aliphatic heterocycles. The number of imide groups is 1. The van der Waals surface area contributed by atoms with Gasteiger partial charge in [0.15, 0.2) is 35.4 Å². The molecule has 3 heterocycles. The molecule has 0 aliphatic carbocycles. The lowest BCUT2D eigenvalue weighted by molar-refractivity contribution is -0.135. The number of halogens is 4. The van der Waals surface area contributed by atoms with Crippen LogP contribution in [0.1, 0.15) is 23.6 Å². The van der Waals surface area contributed by atoms with Gasteiger partial charge in [-0.05, 0) is 11.1 Å². The van der Waals surface area contributed by atoms with Crippen LogP contribution in [0.4, 0.5) is 23.2 Å². The topological polar surface area (TPSA) is 98.0 Å². The maximum atomic E-state index is 14.4. The van der Waals surface area contributed by atoms with Gasteiger partial charge in [0, 0.05) is 12.5 Å². The fraction of sp³-hybridized carbons (Fsp3) is 0.185. The van der Waals surface area contributed by atoms with E-state index in [4.69, 9.17) is 0 Å². The standard InChI is InChI=1S/C27H18F4N6O3/c28-16-11-17(29)22(31)24(21(16)30)36-26(39)23-25(27(36)40)35(34-32-23)13-20(38)37-19(15-9-5-2-6-10-15)12-18(33-37)14-7-3-1-4-8-14/h1-11,19,23,25H,12-13H2/t19-,23+,25-/m0/s1. The highest BCUT2D eigenvalue weighted by Gasteiger charge is 2.57. The number of benzene rings is 3. The monoisotopic (exact) mass is 550 g/mol. The highest BCUT2D eigenvalue weighted by atomic mass is 19.2. The number of anilines is 1. The number of hydrogen-bond donors (Lipinski definition) is 0. The molecule has 202 valence electrons. The van der Waals surface area contributed by atoms with Crippen molar-refractivity contribution in [2.24, 2.45) is 15.4 Å². The third kappa shape index (κ3) is 4.01. The van der Waals surface area contributed by atoms with Gasteiger partial charge in [-0.15, -0.1) is 0 Å². The molecular formula is C27H18F4N6O3. The molecule has 0 N–H and O–H groups in total. The van der Waals surface area contributed by atoms with Crippen molar-refractivity contribution in [3.8, 4) is 0 Å². The van der Waals surface area contributed by atoms with Crippen LogP contribution in [0, 0.1) is 23.3 Å². The molecule has 40 heavy (non-hydrogen) atoms. The van der Waals surface area contributed by atoms with Gasteiger partial charge in [0.05, 0.1) is 11.8 Å². The van der Waals surface area contributed by atoms with Crippen molar-refractivity contribution in [1.82, 2.24) is 10.0 Å². The van der Waals surface area contributed by atoms with E-state index in [2.05, 4.69) is 15.4 Å². The lowest BCUT2D eigenvalue weighted by atomic mass is 9.98. The maximum absolute atomic E-state index is 14.4. The van der Waals surface area contributed by atoms with E-state index in [1.165, 1.54) is 5.01 Å². The van der Waals surface area contributed by atoms with Gasteiger partial charge in [0.2, 0.25) is 0 Å². The zero-order valence-electron chi connectivity index (χ0n) is 20.4. The average molecular weight is 550 g/mol. The fourth-order valence-electron chi connectivity index (χ4n) is 5.02. The Labute approximate surface area is 224 Å². The Morgan fingerprint density at radius 2 is 1.50 bits per heavy atom. The summed E-state index contributed by atoms with van der Waals surface area (Å²) in [6.45, 7) is -0.561. The van der Waals surface area contributed by atoms with Crippen molar-refractivity contribution < 1.29 is 31.9 Å². The molecule has 6 rings (SSSR count). The molecule has 0 spiro atoms. The molecule has 3 aromatic carbocycles. The van der Waals surface area contributed by atoms with Gasteiger partial charge in [0.1, 0.15) is 12.2 Å². The van der Waals surface area contributed by atoms with Crippen molar-refractivity contribution >= 4 is 29.1 Å². The van der Waals surface area contributed by atoms with Gasteiger partial charge in [0.25, 0.3) is 17.7 Å². The summed E-state index contributed by atoms with van der Waals surface area (Å²) >= 11 is 0. The SMILES string of the molecule is O=C1[C@@H]2[C@@H](N=NN2CC(=O)N2N=C(c3ccccc3)C[C@H]2c2ccccc2)C(=O)N1c1c(F)c(F)cc(F)c1F. The molecule has 3 amide bonds. The summed E-state index contributed by atoms with van der Waals surface area (Å²) < 4.78 is 56.5. The lowest BCUT2D eigenvalue weighted by Gasteiger charge is -2.25. The molecule has 3 atom stereocenters. The normalized spacial score (nSPS) is 21.9. The molecule has 9 nitrogen and oxygen atoms in total. The second kappa shape index (κ2) is 9.67. The Morgan fingerprint density at radius 1 is 0.875 bits per heavy atom. The molecule has 3 aromatic rings. The van der Waals surface area contributed by atoms with Crippen LogP contribution in [0.3, 0.4) is 0 Å². The number of carbonyl (C=O) groups excluding carboxylic acids is 3. The van der Waals surface area contributed by atoms with Crippen LogP contribution in [0.2, 0.25) is 0 Å². The van der Waals surface area contributed by atoms with Crippen LogP contribution in [0.5, 0.6) is 0 Å². The van der Waals surface area contributed by atoms with Gasteiger partial charge in [-0.25, -0.2) is 27.5 Å². The summed E-state index contributed by atoms with van der Waals surface area (Å²) in [6.07, 6.45) is 0.405. The van der Waals surface area contributed by atoms with Crippen LogP contribution in [0.25, 0.3) is 0 Å². The predicted octanol–water partition coefficient (Wildman–Crippen LogP) is 3.91. The first-order chi connectivity index (χ1) is 19.3. The molecule has 0 saturated carbocycles. The fourth-order valence-corrected chi connectivity index (χ4v) is 5.02. The smallest absolute Gasteiger partial charge is 0.264 e. The summed E-state index contributed by atoms with van der Waals surface area (Å²) in [4.78, 5) is 39.6. The minimum atomic E-state index is -1.91. The molecular weight excluding hydrogens is 532 g/mol. The summed E-state index contributed by atoms with van der Waals surface area (Å²) in [6, 6.07) is 14.8. The van der Waals surface area contributed by atoms with Crippen molar-refractivity contribution in [1.29, 1.82) is 0 Å². The number of nitrogens with zero attached hydrogens (tertiary/aromatic N) is 6. The van der Waals surface area contributed by atoms with Crippen LogP contribution >= 0.6 is 0 Å². The van der Waals surface area contributed by atoms with Crippen LogP contribution in [0.15, 0.2) is 82.2 Å². The second-order valence-electron chi connectivity index (χ2n) is 9.30. The summed E-state index contributed by atoms with van der Waals surface area (Å²) in [7, 11) is 0. The molecule has 0 bridgehead atoms. The van der Waals surface area contributed by atoms with E-state index in [0.29, 0.717) is 12.1 Å². The van der Waals surface area contributed by atoms with Gasteiger partial charge in [-0.2, -0.15) is 10.2 Å². The molecule has 0 unspecified atom stereocenters. The van der Waals surface area contributed by atoms with Crippen molar-refractivity contribution in [3.63, 3.8) is 0 Å². The largest absolute Gasteiger partial charge is 0.271 e. The van der Waals surface area contributed by atoms with Gasteiger partial charge in [-0.1, -0.05) is 65.9 Å². The first kappa shape index (κ1) is 25.3. The molecule has 0 radical (unpaired) electrons. The molecule has 1 saturated heterocycles. The summed E-state index contributed by atoms with van der Waals surface area (Å²) in [5.41, 5.74) is 0.798. The highest BCUT2D eigenvalue weighted by Crippen LogP contribution is 2.37. The number of amides is 3. The minimum absolute atomic E-state index is 0.0100. The molecule has 3 aliphatic rings. The highest BCUT2D eigenvalue weighted by molar-refractivity contribution is 6.25. The Morgan fingerprint density at radius 3 is 2.15 bits per heavy atom. The lowest BCUT2D eigenvalue weighted by Crippen LogP contribution is -2.45. The van der Waals surface area contributed by atoms with E-state index in [-0.39, 0.29) is 11.0 Å². The van der Waals surface area contributed by atoms with Crippen LogP contribution in [-0.4, -0.2) is 52.1 Å². The number of rotatable bonds is 5. The van der Waals surface area contributed by atoms with Crippen molar-refractivity contribution in [3.05, 3.63) is 101 Å². The van der Waals surface area contributed by atoms with E-state index < -0.39 is 71.3 Å². The van der Waals surface area contributed by atoms with E-state index in [1.54, 1.807) is 0 Å². The quantitative estimate of drug-likeness (QED) is 0.273. The number of hydrazone groups is 1. The number of fused-ring (bicyclic) bond motifs is 1. The van der Waals surface area contributed by atoms with Crippen LogP contribution < -0.4 is 4.90 Å². The zero-order chi connectivity index (χ0) is 28.1. The zero-order valence-corrected chi connectivity index (χ0v) is 20.4. The summed E-state index contributed by atoms with van der Waals surface area (Å²) in [5.74, 6) is -10.4. The van der Waals surface area contributed by atoms with Gasteiger partial charge in [-0.3, -0.25) is 19.4 Å². The maximum Gasteiger partial charge on any atom is 0.264 e. The average Bonchev–Trinajstić information content (AvgIpc) is 3.65. The Kier molecular flexibility index (Phi) is 6.12. The first-order valence-electron chi connectivity index (χ1n) is 12.1. The van der Waals surface area contributed by atoms with Gasteiger partial charge >= 0.3 is 0 Å². The Hall–Kier alpha value is -4.94. The third-order valence-electron chi connectivity index (χ3n) is 6.92. The molecule has 0 aromatic heterocycles. The van der Waals surface area contributed by atoms with Crippen molar-refractivity contribution in [2.45, 2.75) is 24.5 Å². The number of carbonyl (C=O) groups is 3. The second-order valence-corrected chi connectivity index (χ2v) is 9.30. The Bertz CT molecular complexity index is 1570. The molecule has 1 fully saturated rings. The molecule has 13 heteroatoms. The van der Waals surface area contributed by atoms with Crippen LogP contribution in [-0.2, 0) is 14.4 Å². The minimum Gasteiger partial charge on any atom is -0.271 e. The number of hydrogen-bond acceptors (Lipinski definition) is 7. The predicted molar refractivity (Wildman–Crippen MR) is 132 cm³/mol. The van der Waals surface area contributed by atoms with E-state index in [9.17, 15) is 31.9 Å². The van der Waals surface area contributed by atoms with E-state index >= 15 is 0 Å². The first-order valence-corrected chi connectivity index (χ1v) is 12.1. The van der Waals surface area contributed by atoms with Crippen molar-refractivity contribution in [2.75, 3.05) is 11.4 Å².